The van der Waals surface area contributed by atoms with Gasteiger partial charge in [-0.15, -0.1) is 10.2 Å². The van der Waals surface area contributed by atoms with Gasteiger partial charge in [-0.25, -0.2) is 5.43 Å². The molecule has 0 unspecified atom stereocenters. The first-order valence-corrected chi connectivity index (χ1v) is 12.0. The van der Waals surface area contributed by atoms with Crippen molar-refractivity contribution in [2.75, 3.05) is 12.5 Å². The summed E-state index contributed by atoms with van der Waals surface area (Å²) in [6.45, 7) is 0.196. The molecule has 1 aliphatic heterocycles. The second-order valence-electron chi connectivity index (χ2n) is 7.34. The molecule has 0 spiro atoms. The van der Waals surface area contributed by atoms with Crippen molar-refractivity contribution < 1.29 is 14.3 Å². The molecule has 36 heavy (non-hydrogen) atoms. The summed E-state index contributed by atoms with van der Waals surface area (Å²) < 4.78 is 12.2. The minimum atomic E-state index is -0.307. The van der Waals surface area contributed by atoms with Gasteiger partial charge >= 0.3 is 0 Å². The first kappa shape index (κ1) is 23.5. The molecule has 0 atom stereocenters. The number of hydrogen-bond acceptors (Lipinski definition) is 9. The van der Waals surface area contributed by atoms with E-state index in [4.69, 9.17) is 21.1 Å². The summed E-state index contributed by atoms with van der Waals surface area (Å²) >= 11 is 7.16. The van der Waals surface area contributed by atoms with E-state index in [1.807, 2.05) is 30.3 Å². The van der Waals surface area contributed by atoms with Gasteiger partial charge in [0.05, 0.1) is 18.2 Å². The van der Waals surface area contributed by atoms with Crippen LogP contribution in [0.2, 0.25) is 5.02 Å². The maximum absolute atomic E-state index is 12.4. The van der Waals surface area contributed by atoms with E-state index in [0.717, 1.165) is 16.7 Å². The average Bonchev–Trinajstić information content (AvgIpc) is 3.54. The van der Waals surface area contributed by atoms with Gasteiger partial charge in [0, 0.05) is 23.0 Å². The molecule has 0 saturated heterocycles. The fourth-order valence-corrected chi connectivity index (χ4v) is 3.95. The number of thioether (sulfide) groups is 1. The van der Waals surface area contributed by atoms with Crippen molar-refractivity contribution in [3.05, 3.63) is 83.1 Å². The fraction of sp³-hybridized carbons (Fsp3) is 0.0833. The van der Waals surface area contributed by atoms with Crippen LogP contribution in [0.1, 0.15) is 11.1 Å². The number of nitrogens with one attached hydrogen (secondary N) is 1. The summed E-state index contributed by atoms with van der Waals surface area (Å²) in [5, 5.41) is 18.1. The van der Waals surface area contributed by atoms with Crippen molar-refractivity contribution >= 4 is 41.7 Å². The highest BCUT2D eigenvalue weighted by atomic mass is 35.5. The van der Waals surface area contributed by atoms with Crippen LogP contribution >= 0.6 is 23.4 Å². The van der Waals surface area contributed by atoms with Crippen molar-refractivity contribution in [2.24, 2.45) is 10.2 Å². The maximum Gasteiger partial charge on any atom is 0.250 e. The SMILES string of the molecule is O=C(CSc1nnc(-c2ccncc2)n1/N=C\c1ccc(Cl)cc1)N/N=C\c1ccc2c(c1)OCO2. The molecule has 12 heteroatoms. The van der Waals surface area contributed by atoms with Gasteiger partial charge in [-0.1, -0.05) is 35.5 Å². The molecular formula is C24H18ClN7O3S. The highest BCUT2D eigenvalue weighted by molar-refractivity contribution is 7.99. The van der Waals surface area contributed by atoms with Crippen molar-refractivity contribution in [1.82, 2.24) is 25.3 Å². The number of benzene rings is 2. The Morgan fingerprint density at radius 1 is 1.03 bits per heavy atom. The highest BCUT2D eigenvalue weighted by Crippen LogP contribution is 2.32. The fourth-order valence-electron chi connectivity index (χ4n) is 3.15. The molecular weight excluding hydrogens is 502 g/mol. The van der Waals surface area contributed by atoms with E-state index in [0.29, 0.717) is 27.5 Å². The Hall–Kier alpha value is -4.22. The quantitative estimate of drug-likeness (QED) is 0.213. The maximum atomic E-state index is 12.4. The normalized spacial score (nSPS) is 12.5. The Labute approximate surface area is 215 Å². The van der Waals surface area contributed by atoms with E-state index < -0.39 is 0 Å². The number of halogens is 1. The molecule has 0 radical (unpaired) electrons. The van der Waals surface area contributed by atoms with Crippen molar-refractivity contribution in [3.63, 3.8) is 0 Å². The highest BCUT2D eigenvalue weighted by Gasteiger charge is 2.16. The third kappa shape index (κ3) is 5.70. The van der Waals surface area contributed by atoms with E-state index in [9.17, 15) is 4.79 Å². The zero-order chi connectivity index (χ0) is 24.7. The molecule has 0 saturated carbocycles. The molecule has 5 rings (SSSR count). The van der Waals surface area contributed by atoms with E-state index in [2.05, 4.69) is 30.8 Å². The number of ether oxygens (including phenoxy) is 2. The molecule has 1 aliphatic rings. The molecule has 180 valence electrons. The molecule has 0 fully saturated rings. The summed E-state index contributed by atoms with van der Waals surface area (Å²) in [5.41, 5.74) is 4.92. The Bertz CT molecular complexity index is 1430. The van der Waals surface area contributed by atoms with Crippen LogP contribution in [0.5, 0.6) is 11.5 Å². The Morgan fingerprint density at radius 2 is 1.81 bits per heavy atom. The van der Waals surface area contributed by atoms with Crippen LogP contribution in [0.4, 0.5) is 0 Å². The van der Waals surface area contributed by atoms with Gasteiger partial charge in [-0.2, -0.15) is 14.9 Å². The van der Waals surface area contributed by atoms with Crippen molar-refractivity contribution in [2.45, 2.75) is 5.16 Å². The number of nitrogens with zero attached hydrogens (tertiary/aromatic N) is 6. The number of rotatable bonds is 8. The predicted molar refractivity (Wildman–Crippen MR) is 137 cm³/mol. The van der Waals surface area contributed by atoms with Crippen molar-refractivity contribution in [3.8, 4) is 22.9 Å². The second-order valence-corrected chi connectivity index (χ2v) is 8.72. The van der Waals surface area contributed by atoms with Gasteiger partial charge in [-0.05, 0) is 53.6 Å². The molecule has 2 aromatic heterocycles. The Morgan fingerprint density at radius 3 is 2.64 bits per heavy atom. The second kappa shape index (κ2) is 11.0. The summed E-state index contributed by atoms with van der Waals surface area (Å²) in [5.74, 6) is 1.60. The van der Waals surface area contributed by atoms with Gasteiger partial charge in [0.2, 0.25) is 11.9 Å². The van der Waals surface area contributed by atoms with Gasteiger partial charge in [0.15, 0.2) is 17.3 Å². The molecule has 0 aliphatic carbocycles. The standard InChI is InChI=1S/C24H18ClN7O3S/c25-19-4-1-16(2-5-19)13-28-32-23(18-7-9-26-10-8-18)30-31-24(32)36-14-22(33)29-27-12-17-3-6-20-21(11-17)35-15-34-20/h1-13H,14-15H2,(H,29,33)/b27-12-,28-13-. The monoisotopic (exact) mass is 519 g/mol. The first-order valence-electron chi connectivity index (χ1n) is 10.7. The number of carbonyl (C=O) groups excluding carboxylic acids is 1. The van der Waals surface area contributed by atoms with E-state index in [1.165, 1.54) is 18.0 Å². The average molecular weight is 520 g/mol. The van der Waals surface area contributed by atoms with Gasteiger partial charge < -0.3 is 9.47 Å². The van der Waals surface area contributed by atoms with Crippen LogP contribution in [-0.2, 0) is 4.79 Å². The largest absolute Gasteiger partial charge is 0.454 e. The third-order valence-electron chi connectivity index (χ3n) is 4.87. The number of carbonyl (C=O) groups is 1. The van der Waals surface area contributed by atoms with Gasteiger partial charge in [-0.3, -0.25) is 9.78 Å². The van der Waals surface area contributed by atoms with E-state index >= 15 is 0 Å². The molecule has 2 aromatic carbocycles. The zero-order valence-electron chi connectivity index (χ0n) is 18.6. The number of hydrogen-bond donors (Lipinski definition) is 1. The Balaban J connectivity index is 1.27. The van der Waals surface area contributed by atoms with Crippen LogP contribution in [0.3, 0.4) is 0 Å². The van der Waals surface area contributed by atoms with Crippen LogP contribution in [0.15, 0.2) is 82.4 Å². The summed E-state index contributed by atoms with van der Waals surface area (Å²) in [6, 6.07) is 16.3. The Kier molecular flexibility index (Phi) is 7.20. The van der Waals surface area contributed by atoms with Crippen molar-refractivity contribution in [1.29, 1.82) is 0 Å². The van der Waals surface area contributed by atoms with Crippen LogP contribution in [0.25, 0.3) is 11.4 Å². The summed E-state index contributed by atoms with van der Waals surface area (Å²) in [6.07, 6.45) is 6.53. The smallest absolute Gasteiger partial charge is 0.250 e. The lowest BCUT2D eigenvalue weighted by atomic mass is 10.2. The number of amides is 1. The van der Waals surface area contributed by atoms with Crippen LogP contribution in [-0.4, -0.2) is 50.7 Å². The topological polar surface area (TPSA) is 116 Å². The minimum absolute atomic E-state index is 0.0590. The third-order valence-corrected chi connectivity index (χ3v) is 6.05. The molecule has 0 bridgehead atoms. The first-order chi connectivity index (χ1) is 17.7. The molecule has 10 nitrogen and oxygen atoms in total. The summed E-state index contributed by atoms with van der Waals surface area (Å²) in [4.78, 5) is 16.4. The van der Waals surface area contributed by atoms with Crippen LogP contribution in [0, 0.1) is 0 Å². The number of pyridine rings is 1. The van der Waals surface area contributed by atoms with E-state index in [1.54, 1.807) is 47.5 Å². The van der Waals surface area contributed by atoms with Crippen LogP contribution < -0.4 is 14.9 Å². The number of aromatic nitrogens is 4. The van der Waals surface area contributed by atoms with Gasteiger partial charge in [0.1, 0.15) is 0 Å². The number of fused-ring (bicyclic) bond motifs is 1. The molecule has 1 N–H and O–H groups in total. The predicted octanol–water partition coefficient (Wildman–Crippen LogP) is 3.85. The van der Waals surface area contributed by atoms with Gasteiger partial charge in [0.25, 0.3) is 5.91 Å². The minimum Gasteiger partial charge on any atom is -0.454 e. The lowest BCUT2D eigenvalue weighted by Gasteiger charge is -2.04. The lowest BCUT2D eigenvalue weighted by Crippen LogP contribution is -2.19. The molecule has 4 aromatic rings. The summed E-state index contributed by atoms with van der Waals surface area (Å²) in [7, 11) is 0. The zero-order valence-corrected chi connectivity index (χ0v) is 20.2. The number of hydrazone groups is 1. The molecule has 3 heterocycles. The lowest BCUT2D eigenvalue weighted by molar-refractivity contribution is -0.118. The van der Waals surface area contributed by atoms with E-state index in [-0.39, 0.29) is 18.5 Å². The molecule has 1 amide bonds.